The molecule has 100 valence electrons. The Kier molecular flexibility index (Phi) is 2.79. The molecule has 3 nitrogen and oxygen atoms in total. The topological polar surface area (TPSA) is 46.3 Å². The normalized spacial score (nSPS) is 10.9. The molecule has 0 saturated carbocycles. The van der Waals surface area contributed by atoms with Crippen LogP contribution < -0.4 is 0 Å². The summed E-state index contributed by atoms with van der Waals surface area (Å²) in [7, 11) is 0. The minimum Gasteiger partial charge on any atom is -0.505 e. The van der Waals surface area contributed by atoms with E-state index in [-0.39, 0.29) is 0 Å². The highest BCUT2D eigenvalue weighted by Crippen LogP contribution is 2.30. The van der Waals surface area contributed by atoms with E-state index >= 15 is 0 Å². The van der Waals surface area contributed by atoms with Gasteiger partial charge in [-0.25, -0.2) is 9.37 Å². The maximum Gasteiger partial charge on any atom is 0.227 e. The predicted octanol–water partition coefficient (Wildman–Crippen LogP) is 4.29. The number of halogens is 1. The van der Waals surface area contributed by atoms with Crippen LogP contribution in [0.5, 0.6) is 5.75 Å². The molecule has 3 rings (SSSR count). The molecular weight excluding hydrogens is 257 g/mol. The van der Waals surface area contributed by atoms with Gasteiger partial charge in [0, 0.05) is 11.1 Å². The summed E-state index contributed by atoms with van der Waals surface area (Å²) in [6, 6.07) is 7.87. The lowest BCUT2D eigenvalue weighted by Gasteiger charge is -1.98. The fourth-order valence-electron chi connectivity index (χ4n) is 2.12. The Hall–Kier alpha value is -2.62. The van der Waals surface area contributed by atoms with E-state index in [4.69, 9.17) is 4.42 Å². The molecular formula is C16H12FNO2. The minimum atomic E-state index is -0.704. The highest BCUT2D eigenvalue weighted by atomic mass is 19.1. The molecule has 0 saturated heterocycles. The zero-order valence-electron chi connectivity index (χ0n) is 10.9. The Labute approximate surface area is 115 Å². The molecule has 0 atom stereocenters. The number of aromatic nitrogens is 1. The van der Waals surface area contributed by atoms with Crippen molar-refractivity contribution in [3.05, 3.63) is 53.9 Å². The Morgan fingerprint density at radius 3 is 2.80 bits per heavy atom. The number of aryl methyl sites for hydroxylation is 1. The van der Waals surface area contributed by atoms with Crippen molar-refractivity contribution in [1.29, 1.82) is 0 Å². The Morgan fingerprint density at radius 2 is 2.10 bits per heavy atom. The van der Waals surface area contributed by atoms with Crippen molar-refractivity contribution in [3.63, 3.8) is 0 Å². The molecule has 1 heterocycles. The Balaban J connectivity index is 2.22. The predicted molar refractivity (Wildman–Crippen MR) is 75.9 cm³/mol. The zero-order valence-corrected chi connectivity index (χ0v) is 10.9. The van der Waals surface area contributed by atoms with Crippen LogP contribution in [-0.4, -0.2) is 10.1 Å². The maximum atomic E-state index is 13.4. The van der Waals surface area contributed by atoms with E-state index in [1.165, 1.54) is 12.1 Å². The van der Waals surface area contributed by atoms with Gasteiger partial charge in [0.05, 0.1) is 0 Å². The third kappa shape index (κ3) is 1.95. The van der Waals surface area contributed by atoms with Gasteiger partial charge in [0.15, 0.2) is 17.1 Å². The molecule has 20 heavy (non-hydrogen) atoms. The first kappa shape index (κ1) is 12.4. The van der Waals surface area contributed by atoms with Gasteiger partial charge in [0.25, 0.3) is 0 Å². The standard InChI is InChI=1S/C16H12FNO2/c1-3-10-6-9(2)7-13-15(10)20-16(18-13)11-4-5-14(19)12(17)8-11/h3-8,19H,1H2,2H3. The molecule has 0 unspecified atom stereocenters. The minimum absolute atomic E-state index is 0.313. The molecule has 3 aromatic rings. The highest BCUT2D eigenvalue weighted by Gasteiger charge is 2.13. The van der Waals surface area contributed by atoms with Crippen LogP contribution in [0, 0.1) is 12.7 Å². The first-order chi connectivity index (χ1) is 9.58. The lowest BCUT2D eigenvalue weighted by molar-refractivity contribution is 0.432. The summed E-state index contributed by atoms with van der Waals surface area (Å²) in [5, 5.41) is 9.21. The second-order valence-electron chi connectivity index (χ2n) is 4.59. The van der Waals surface area contributed by atoms with Crippen LogP contribution in [-0.2, 0) is 0 Å². The number of nitrogens with zero attached hydrogens (tertiary/aromatic N) is 1. The number of hydrogen-bond acceptors (Lipinski definition) is 3. The first-order valence-corrected chi connectivity index (χ1v) is 6.11. The quantitative estimate of drug-likeness (QED) is 0.754. The van der Waals surface area contributed by atoms with Crippen LogP contribution in [0.25, 0.3) is 28.6 Å². The van der Waals surface area contributed by atoms with Gasteiger partial charge in [-0.1, -0.05) is 12.7 Å². The van der Waals surface area contributed by atoms with E-state index in [2.05, 4.69) is 11.6 Å². The second-order valence-corrected chi connectivity index (χ2v) is 4.59. The van der Waals surface area contributed by atoms with E-state index in [0.29, 0.717) is 22.6 Å². The van der Waals surface area contributed by atoms with E-state index in [1.54, 1.807) is 12.1 Å². The molecule has 0 aliphatic carbocycles. The third-order valence-corrected chi connectivity index (χ3v) is 3.08. The number of rotatable bonds is 2. The highest BCUT2D eigenvalue weighted by molar-refractivity contribution is 5.85. The Bertz CT molecular complexity index is 821. The van der Waals surface area contributed by atoms with Crippen molar-refractivity contribution in [2.45, 2.75) is 6.92 Å². The summed E-state index contributed by atoms with van der Waals surface area (Å²) >= 11 is 0. The number of benzene rings is 2. The molecule has 1 N–H and O–H groups in total. The maximum absolute atomic E-state index is 13.4. The van der Waals surface area contributed by atoms with Crippen molar-refractivity contribution in [2.24, 2.45) is 0 Å². The van der Waals surface area contributed by atoms with Gasteiger partial charge < -0.3 is 9.52 Å². The van der Waals surface area contributed by atoms with Gasteiger partial charge in [0.2, 0.25) is 5.89 Å². The van der Waals surface area contributed by atoms with Crippen molar-refractivity contribution in [1.82, 2.24) is 4.98 Å². The number of phenols is 1. The van der Waals surface area contributed by atoms with E-state index < -0.39 is 11.6 Å². The van der Waals surface area contributed by atoms with Crippen LogP contribution >= 0.6 is 0 Å². The van der Waals surface area contributed by atoms with Crippen LogP contribution in [0.4, 0.5) is 4.39 Å². The van der Waals surface area contributed by atoms with Crippen LogP contribution in [0.1, 0.15) is 11.1 Å². The summed E-state index contributed by atoms with van der Waals surface area (Å²) < 4.78 is 19.1. The molecule has 0 amide bonds. The molecule has 0 spiro atoms. The molecule has 4 heteroatoms. The first-order valence-electron chi connectivity index (χ1n) is 6.11. The molecule has 0 radical (unpaired) electrons. The summed E-state index contributed by atoms with van der Waals surface area (Å²) in [4.78, 5) is 4.36. The van der Waals surface area contributed by atoms with Gasteiger partial charge in [-0.05, 0) is 42.8 Å². The van der Waals surface area contributed by atoms with Crippen molar-refractivity contribution >= 4 is 17.2 Å². The fourth-order valence-corrected chi connectivity index (χ4v) is 2.12. The molecule has 2 aromatic carbocycles. The Morgan fingerprint density at radius 1 is 1.30 bits per heavy atom. The molecule has 0 aliphatic rings. The lowest BCUT2D eigenvalue weighted by Crippen LogP contribution is -1.81. The largest absolute Gasteiger partial charge is 0.505 e. The van der Waals surface area contributed by atoms with Crippen LogP contribution in [0.15, 0.2) is 41.3 Å². The molecule has 0 bridgehead atoms. The molecule has 0 fully saturated rings. The summed E-state index contributed by atoms with van der Waals surface area (Å²) in [5.41, 5.74) is 3.68. The number of fused-ring (bicyclic) bond motifs is 1. The average molecular weight is 269 g/mol. The van der Waals surface area contributed by atoms with Crippen molar-refractivity contribution < 1.29 is 13.9 Å². The second kappa shape index (κ2) is 4.49. The van der Waals surface area contributed by atoms with Gasteiger partial charge in [-0.2, -0.15) is 0 Å². The van der Waals surface area contributed by atoms with Gasteiger partial charge >= 0.3 is 0 Å². The SMILES string of the molecule is C=Cc1cc(C)cc2nc(-c3ccc(O)c(F)c3)oc12. The van der Waals surface area contributed by atoms with Gasteiger partial charge in [-0.3, -0.25) is 0 Å². The number of oxazole rings is 1. The number of hydrogen-bond donors (Lipinski definition) is 1. The van der Waals surface area contributed by atoms with E-state index in [1.807, 2.05) is 19.1 Å². The van der Waals surface area contributed by atoms with Crippen molar-refractivity contribution in [3.8, 4) is 17.2 Å². The summed E-state index contributed by atoms with van der Waals surface area (Å²) in [5.74, 6) is -0.787. The molecule has 0 aliphatic heterocycles. The summed E-state index contributed by atoms with van der Waals surface area (Å²) in [6.45, 7) is 5.71. The van der Waals surface area contributed by atoms with Gasteiger partial charge in [0.1, 0.15) is 5.52 Å². The van der Waals surface area contributed by atoms with E-state index in [0.717, 1.165) is 11.1 Å². The fraction of sp³-hybridized carbons (Fsp3) is 0.0625. The van der Waals surface area contributed by atoms with Gasteiger partial charge in [-0.15, -0.1) is 0 Å². The number of aromatic hydroxyl groups is 1. The third-order valence-electron chi connectivity index (χ3n) is 3.08. The smallest absolute Gasteiger partial charge is 0.227 e. The zero-order chi connectivity index (χ0) is 14.3. The number of phenolic OH excluding ortho intramolecular Hbond substituents is 1. The van der Waals surface area contributed by atoms with Crippen molar-refractivity contribution in [2.75, 3.05) is 0 Å². The summed E-state index contributed by atoms with van der Waals surface area (Å²) in [6.07, 6.45) is 1.70. The van der Waals surface area contributed by atoms with Crippen LogP contribution in [0.2, 0.25) is 0 Å². The molecule has 1 aromatic heterocycles. The average Bonchev–Trinajstić information content (AvgIpc) is 2.84. The van der Waals surface area contributed by atoms with Crippen LogP contribution in [0.3, 0.4) is 0 Å². The lowest BCUT2D eigenvalue weighted by atomic mass is 10.1. The van der Waals surface area contributed by atoms with E-state index in [9.17, 15) is 9.50 Å². The monoisotopic (exact) mass is 269 g/mol.